The molecule has 0 aliphatic rings. The van der Waals surface area contributed by atoms with Crippen LogP contribution in [0.25, 0.3) is 0 Å². The van der Waals surface area contributed by atoms with Crippen LogP contribution in [0.5, 0.6) is 11.5 Å². The summed E-state index contributed by atoms with van der Waals surface area (Å²) in [7, 11) is 0. The first kappa shape index (κ1) is 14.5. The van der Waals surface area contributed by atoms with Crippen molar-refractivity contribution in [2.75, 3.05) is 5.73 Å². The minimum Gasteiger partial charge on any atom is -0.448 e. The van der Waals surface area contributed by atoms with Crippen LogP contribution in [0.2, 0.25) is 5.02 Å². The van der Waals surface area contributed by atoms with Crippen molar-refractivity contribution >= 4 is 28.7 Å². The summed E-state index contributed by atoms with van der Waals surface area (Å²) in [6.07, 6.45) is 0. The zero-order valence-corrected chi connectivity index (χ0v) is 11.1. The van der Waals surface area contributed by atoms with Gasteiger partial charge in [-0.05, 0) is 12.1 Å². The Balaban J connectivity index is 2.41. The summed E-state index contributed by atoms with van der Waals surface area (Å²) in [5, 5.41) is 21.6. The largest absolute Gasteiger partial charge is 0.448 e. The van der Waals surface area contributed by atoms with E-state index in [1.54, 1.807) is 0 Å². The van der Waals surface area contributed by atoms with Gasteiger partial charge in [-0.3, -0.25) is 20.2 Å². The number of rotatable bonds is 4. The second-order valence-electron chi connectivity index (χ2n) is 3.92. The molecule has 0 heterocycles. The van der Waals surface area contributed by atoms with Crippen molar-refractivity contribution in [2.24, 2.45) is 0 Å². The first-order valence-corrected chi connectivity index (χ1v) is 5.92. The molecule has 2 aromatic carbocycles. The molecule has 0 unspecified atom stereocenters. The highest BCUT2D eigenvalue weighted by molar-refractivity contribution is 6.32. The van der Waals surface area contributed by atoms with Crippen molar-refractivity contribution in [1.82, 2.24) is 0 Å². The van der Waals surface area contributed by atoms with Gasteiger partial charge in [0.25, 0.3) is 5.69 Å². The molecule has 0 amide bonds. The van der Waals surface area contributed by atoms with E-state index in [-0.39, 0.29) is 33.6 Å². The van der Waals surface area contributed by atoms with Gasteiger partial charge in [-0.25, -0.2) is 0 Å². The minimum absolute atomic E-state index is 0.0427. The third-order valence-corrected chi connectivity index (χ3v) is 2.86. The molecule has 2 aromatic rings. The van der Waals surface area contributed by atoms with Gasteiger partial charge >= 0.3 is 5.69 Å². The highest BCUT2D eigenvalue weighted by Crippen LogP contribution is 2.38. The Hall–Kier alpha value is -2.87. The molecule has 0 aliphatic heterocycles. The van der Waals surface area contributed by atoms with Crippen LogP contribution in [0.3, 0.4) is 0 Å². The molecule has 0 radical (unpaired) electrons. The van der Waals surface area contributed by atoms with Gasteiger partial charge < -0.3 is 10.5 Å². The number of halogens is 1. The quantitative estimate of drug-likeness (QED) is 0.523. The van der Waals surface area contributed by atoms with Crippen LogP contribution in [-0.4, -0.2) is 9.85 Å². The standard InChI is InChI=1S/C12H8ClN3O5/c13-8-2-1-3-11(16(19)20)12(8)21-7-4-5-10(15(17)18)9(14)6-7/h1-6H,14H2. The van der Waals surface area contributed by atoms with Crippen LogP contribution < -0.4 is 10.5 Å². The Morgan fingerprint density at radius 3 is 2.29 bits per heavy atom. The SMILES string of the molecule is Nc1cc(Oc2c(Cl)cccc2[N+](=O)[O-])ccc1[N+](=O)[O-]. The van der Waals surface area contributed by atoms with Crippen molar-refractivity contribution in [3.8, 4) is 11.5 Å². The maximum atomic E-state index is 10.9. The molecule has 9 heteroatoms. The van der Waals surface area contributed by atoms with Crippen LogP contribution in [0, 0.1) is 20.2 Å². The van der Waals surface area contributed by atoms with Gasteiger partial charge in [0, 0.05) is 18.2 Å². The first-order valence-electron chi connectivity index (χ1n) is 5.55. The number of nitro benzene ring substituents is 2. The van der Waals surface area contributed by atoms with Gasteiger partial charge in [0.2, 0.25) is 5.75 Å². The molecule has 0 saturated heterocycles. The van der Waals surface area contributed by atoms with Crippen LogP contribution in [-0.2, 0) is 0 Å². The second-order valence-corrected chi connectivity index (χ2v) is 4.33. The van der Waals surface area contributed by atoms with E-state index in [0.29, 0.717) is 0 Å². The summed E-state index contributed by atoms with van der Waals surface area (Å²) < 4.78 is 5.34. The highest BCUT2D eigenvalue weighted by Gasteiger charge is 2.20. The van der Waals surface area contributed by atoms with E-state index in [4.69, 9.17) is 22.1 Å². The van der Waals surface area contributed by atoms with Gasteiger partial charge in [0.05, 0.1) is 14.9 Å². The number of ether oxygens (including phenoxy) is 1. The number of anilines is 1. The topological polar surface area (TPSA) is 122 Å². The highest BCUT2D eigenvalue weighted by atomic mass is 35.5. The third-order valence-electron chi connectivity index (χ3n) is 2.56. The predicted octanol–water partition coefficient (Wildman–Crippen LogP) is 3.53. The number of nitrogens with zero attached hydrogens (tertiary/aromatic N) is 2. The van der Waals surface area contributed by atoms with Crippen molar-refractivity contribution in [2.45, 2.75) is 0 Å². The fraction of sp³-hybridized carbons (Fsp3) is 0. The molecular weight excluding hydrogens is 302 g/mol. The number of nitro groups is 2. The summed E-state index contributed by atoms with van der Waals surface area (Å²) in [4.78, 5) is 20.3. The molecule has 0 saturated carbocycles. The Bertz CT molecular complexity index is 735. The van der Waals surface area contributed by atoms with E-state index in [1.165, 1.54) is 30.3 Å². The lowest BCUT2D eigenvalue weighted by Gasteiger charge is -2.08. The molecule has 0 atom stereocenters. The van der Waals surface area contributed by atoms with Gasteiger partial charge in [0.1, 0.15) is 11.4 Å². The Morgan fingerprint density at radius 2 is 1.71 bits per heavy atom. The lowest BCUT2D eigenvalue weighted by molar-refractivity contribution is -0.385. The molecule has 2 rings (SSSR count). The molecule has 0 aromatic heterocycles. The van der Waals surface area contributed by atoms with Gasteiger partial charge in [-0.15, -0.1) is 0 Å². The van der Waals surface area contributed by atoms with Crippen molar-refractivity contribution in [3.63, 3.8) is 0 Å². The normalized spacial score (nSPS) is 10.1. The third kappa shape index (κ3) is 3.00. The maximum absolute atomic E-state index is 10.9. The smallest absolute Gasteiger partial charge is 0.313 e. The van der Waals surface area contributed by atoms with E-state index in [2.05, 4.69) is 0 Å². The van der Waals surface area contributed by atoms with Crippen LogP contribution in [0.1, 0.15) is 0 Å². The average molecular weight is 310 g/mol. The van der Waals surface area contributed by atoms with Gasteiger partial charge in [-0.2, -0.15) is 0 Å². The monoisotopic (exact) mass is 309 g/mol. The number of hydrogen-bond donors (Lipinski definition) is 1. The molecule has 21 heavy (non-hydrogen) atoms. The maximum Gasteiger partial charge on any atom is 0.313 e. The average Bonchev–Trinajstić information content (AvgIpc) is 2.40. The second kappa shape index (κ2) is 5.63. The molecule has 0 aliphatic carbocycles. The molecule has 108 valence electrons. The minimum atomic E-state index is -0.643. The van der Waals surface area contributed by atoms with E-state index in [0.717, 1.165) is 6.07 Å². The van der Waals surface area contributed by atoms with E-state index in [1.807, 2.05) is 0 Å². The molecule has 0 bridgehead atoms. The molecule has 0 spiro atoms. The van der Waals surface area contributed by atoms with Crippen LogP contribution >= 0.6 is 11.6 Å². The molecule has 0 fully saturated rings. The fourth-order valence-electron chi connectivity index (χ4n) is 1.62. The Morgan fingerprint density at radius 1 is 1.05 bits per heavy atom. The number of nitrogen functional groups attached to an aromatic ring is 1. The van der Waals surface area contributed by atoms with Crippen molar-refractivity contribution in [3.05, 3.63) is 61.6 Å². The summed E-state index contributed by atoms with van der Waals surface area (Å²) in [5.41, 5.74) is 4.80. The summed E-state index contributed by atoms with van der Waals surface area (Å²) in [5.74, 6) is -0.0493. The van der Waals surface area contributed by atoms with Crippen molar-refractivity contribution in [1.29, 1.82) is 0 Å². The molecule has 8 nitrogen and oxygen atoms in total. The van der Waals surface area contributed by atoms with E-state index in [9.17, 15) is 20.2 Å². The number of hydrogen-bond acceptors (Lipinski definition) is 6. The van der Waals surface area contributed by atoms with Crippen LogP contribution in [0.15, 0.2) is 36.4 Å². The lowest BCUT2D eigenvalue weighted by Crippen LogP contribution is -1.97. The number of nitrogens with two attached hydrogens (primary N) is 1. The summed E-state index contributed by atoms with van der Waals surface area (Å²) in [6, 6.07) is 7.70. The zero-order chi connectivity index (χ0) is 15.6. The number of benzene rings is 2. The van der Waals surface area contributed by atoms with E-state index >= 15 is 0 Å². The van der Waals surface area contributed by atoms with Crippen LogP contribution in [0.4, 0.5) is 17.1 Å². The number of para-hydroxylation sites is 1. The zero-order valence-electron chi connectivity index (χ0n) is 10.4. The molecular formula is C12H8ClN3O5. The fourth-order valence-corrected chi connectivity index (χ4v) is 1.83. The summed E-state index contributed by atoms with van der Waals surface area (Å²) in [6.45, 7) is 0. The van der Waals surface area contributed by atoms with Gasteiger partial charge in [-0.1, -0.05) is 17.7 Å². The first-order chi connectivity index (χ1) is 9.90. The predicted molar refractivity (Wildman–Crippen MR) is 75.7 cm³/mol. The Labute approximate surface area is 123 Å². The summed E-state index contributed by atoms with van der Waals surface area (Å²) >= 11 is 5.88. The lowest BCUT2D eigenvalue weighted by atomic mass is 10.2. The Kier molecular flexibility index (Phi) is 3.90. The van der Waals surface area contributed by atoms with Crippen molar-refractivity contribution < 1.29 is 14.6 Å². The van der Waals surface area contributed by atoms with E-state index < -0.39 is 9.85 Å². The molecule has 2 N–H and O–H groups in total. The van der Waals surface area contributed by atoms with Gasteiger partial charge in [0.15, 0.2) is 0 Å².